The summed E-state index contributed by atoms with van der Waals surface area (Å²) in [4.78, 5) is 12.3. The van der Waals surface area contributed by atoms with Gasteiger partial charge in [-0.25, -0.2) is 9.10 Å². The van der Waals surface area contributed by atoms with Gasteiger partial charge in [0, 0.05) is 25.2 Å². The molecule has 1 saturated heterocycles. The number of carbonyl (C=O) groups is 1. The van der Waals surface area contributed by atoms with Crippen molar-refractivity contribution >= 4 is 18.2 Å². The zero-order chi connectivity index (χ0) is 27.1. The summed E-state index contributed by atoms with van der Waals surface area (Å²) >= 11 is 1.40. The highest BCUT2D eigenvalue weighted by molar-refractivity contribution is 7.95. The van der Waals surface area contributed by atoms with Crippen LogP contribution in [0.5, 0.6) is 0 Å². The first-order chi connectivity index (χ1) is 18.2. The third-order valence-corrected chi connectivity index (χ3v) is 13.4. The Kier molecular flexibility index (Phi) is 8.99. The minimum atomic E-state index is -0.319. The van der Waals surface area contributed by atoms with Crippen molar-refractivity contribution in [3.63, 3.8) is 0 Å². The van der Waals surface area contributed by atoms with E-state index in [4.69, 9.17) is 4.74 Å². The maximum absolute atomic E-state index is 12.3. The molecule has 3 N–H and O–H groups in total. The molecule has 0 aromatic rings. The van der Waals surface area contributed by atoms with E-state index in [0.717, 1.165) is 45.2 Å². The van der Waals surface area contributed by atoms with Gasteiger partial charge < -0.3 is 14.9 Å². The quantitative estimate of drug-likeness (QED) is 0.318. The Bertz CT molecular complexity index is 824. The van der Waals surface area contributed by atoms with Gasteiger partial charge in [0.2, 0.25) is 0 Å². The summed E-state index contributed by atoms with van der Waals surface area (Å²) < 4.78 is 10.7. The molecule has 1 heterocycles. The standard InChI is InChI=1S/C31H54N2O4S/c1-5-22-26-19-21(34)11-14-31(26,4)25-12-15-30(3)23(9-10-24(30)27(25)28(22)35)20(2)13-18-37-29(36)32-38-33-16-7-6-8-17-33/h20-28,34-35H,5-19H2,1-4H3,(H,32,36)/t20-,21-,22-,23-,24+,25?,26+,27+,28-,30-,31-/m1/s1. The number of nitrogens with one attached hydrogen (secondary N) is 1. The third kappa shape index (κ3) is 5.27. The van der Waals surface area contributed by atoms with Crippen molar-refractivity contribution in [3.05, 3.63) is 0 Å². The first-order valence-electron chi connectivity index (χ1n) is 15.9. The van der Waals surface area contributed by atoms with Gasteiger partial charge in [-0.1, -0.05) is 40.5 Å². The molecule has 4 saturated carbocycles. The Labute approximate surface area is 235 Å². The Morgan fingerprint density at radius 1 is 1.03 bits per heavy atom. The van der Waals surface area contributed by atoms with E-state index in [1.54, 1.807) is 0 Å². The lowest BCUT2D eigenvalue weighted by Gasteiger charge is -2.64. The number of amides is 1. The van der Waals surface area contributed by atoms with Crippen molar-refractivity contribution in [2.45, 2.75) is 117 Å². The predicted molar refractivity (Wildman–Crippen MR) is 153 cm³/mol. The van der Waals surface area contributed by atoms with E-state index in [1.807, 2.05) is 0 Å². The molecule has 38 heavy (non-hydrogen) atoms. The van der Waals surface area contributed by atoms with Gasteiger partial charge in [-0.3, -0.25) is 4.72 Å². The Hall–Kier alpha value is -0.500. The summed E-state index contributed by atoms with van der Waals surface area (Å²) in [6.07, 6.45) is 12.7. The fraction of sp³-hybridized carbons (Fsp3) is 0.968. The molecule has 1 unspecified atom stereocenters. The maximum atomic E-state index is 12.3. The van der Waals surface area contributed by atoms with E-state index < -0.39 is 0 Å². The number of piperidine rings is 1. The van der Waals surface area contributed by atoms with Crippen LogP contribution < -0.4 is 4.72 Å². The molecule has 0 bridgehead atoms. The van der Waals surface area contributed by atoms with Gasteiger partial charge >= 0.3 is 6.09 Å². The van der Waals surface area contributed by atoms with Crippen LogP contribution in [0, 0.1) is 52.3 Å². The number of nitrogens with zero attached hydrogens (tertiary/aromatic N) is 1. The summed E-state index contributed by atoms with van der Waals surface area (Å²) in [6.45, 7) is 12.2. The van der Waals surface area contributed by atoms with Crippen molar-refractivity contribution in [3.8, 4) is 0 Å². The Morgan fingerprint density at radius 2 is 1.74 bits per heavy atom. The molecule has 218 valence electrons. The number of ether oxygens (including phenoxy) is 1. The van der Waals surface area contributed by atoms with Gasteiger partial charge in [-0.2, -0.15) is 0 Å². The molecular formula is C31H54N2O4S. The summed E-state index contributed by atoms with van der Waals surface area (Å²) in [5.74, 6) is 3.42. The first-order valence-corrected chi connectivity index (χ1v) is 16.7. The molecule has 11 atom stereocenters. The number of aliphatic hydroxyl groups excluding tert-OH is 2. The molecule has 1 aliphatic heterocycles. The number of hydrogen-bond acceptors (Lipinski definition) is 6. The molecule has 5 aliphatic rings. The van der Waals surface area contributed by atoms with Crippen molar-refractivity contribution < 1.29 is 19.7 Å². The lowest BCUT2D eigenvalue weighted by molar-refractivity contribution is -0.203. The molecule has 0 radical (unpaired) electrons. The molecule has 1 amide bonds. The van der Waals surface area contributed by atoms with Crippen LogP contribution in [0.2, 0.25) is 0 Å². The topological polar surface area (TPSA) is 82.0 Å². The largest absolute Gasteiger partial charge is 0.449 e. The van der Waals surface area contributed by atoms with Crippen LogP contribution in [0.1, 0.15) is 105 Å². The second kappa shape index (κ2) is 11.8. The predicted octanol–water partition coefficient (Wildman–Crippen LogP) is 6.41. The van der Waals surface area contributed by atoms with Crippen LogP contribution in [0.3, 0.4) is 0 Å². The summed E-state index contributed by atoms with van der Waals surface area (Å²) in [5.41, 5.74) is 0.506. The molecular weight excluding hydrogens is 496 g/mol. The van der Waals surface area contributed by atoms with E-state index in [2.05, 4.69) is 36.7 Å². The second-order valence-corrected chi connectivity index (χ2v) is 15.1. The lowest BCUT2D eigenvalue weighted by Crippen LogP contribution is -2.62. The highest BCUT2D eigenvalue weighted by Crippen LogP contribution is 2.69. The fourth-order valence-corrected chi connectivity index (χ4v) is 11.3. The number of rotatable bonds is 7. The maximum Gasteiger partial charge on any atom is 0.418 e. The van der Waals surface area contributed by atoms with E-state index in [1.165, 1.54) is 57.1 Å². The second-order valence-electron chi connectivity index (χ2n) is 14.2. The molecule has 4 aliphatic carbocycles. The first kappa shape index (κ1) is 29.0. The summed E-state index contributed by atoms with van der Waals surface area (Å²) in [6, 6.07) is 0. The van der Waals surface area contributed by atoms with Gasteiger partial charge in [0.05, 0.1) is 18.8 Å². The van der Waals surface area contributed by atoms with E-state index in [-0.39, 0.29) is 29.1 Å². The van der Waals surface area contributed by atoms with Gasteiger partial charge in [-0.15, -0.1) is 0 Å². The van der Waals surface area contributed by atoms with Gasteiger partial charge in [-0.05, 0) is 116 Å². The van der Waals surface area contributed by atoms with Crippen LogP contribution in [0.25, 0.3) is 0 Å². The zero-order valence-electron chi connectivity index (χ0n) is 24.4. The highest BCUT2D eigenvalue weighted by atomic mass is 32.2. The van der Waals surface area contributed by atoms with Crippen LogP contribution in [0.15, 0.2) is 0 Å². The summed E-state index contributed by atoms with van der Waals surface area (Å²) in [7, 11) is 0. The number of fused-ring (bicyclic) bond motifs is 5. The minimum absolute atomic E-state index is 0.191. The van der Waals surface area contributed by atoms with E-state index in [9.17, 15) is 15.0 Å². The third-order valence-electron chi connectivity index (χ3n) is 12.5. The molecule has 0 spiro atoms. The average molecular weight is 551 g/mol. The van der Waals surface area contributed by atoms with Gasteiger partial charge in [0.25, 0.3) is 0 Å². The van der Waals surface area contributed by atoms with Crippen LogP contribution in [-0.4, -0.2) is 52.5 Å². The molecule has 5 fully saturated rings. The average Bonchev–Trinajstić information content (AvgIpc) is 3.26. The highest BCUT2D eigenvalue weighted by Gasteiger charge is 2.64. The van der Waals surface area contributed by atoms with Gasteiger partial charge in [0.1, 0.15) is 0 Å². The number of hydrogen-bond donors (Lipinski definition) is 3. The lowest BCUT2D eigenvalue weighted by atomic mass is 9.41. The minimum Gasteiger partial charge on any atom is -0.449 e. The SMILES string of the molecule is CC[C@H]1[C@@H](O)[C@@H]2C(CC[C@]3(C)[C@@H]([C@H](C)CCOC(=O)NSN4CCCCC4)CC[C@@H]23)[C@@]2(C)CC[C@@H](O)C[C@@H]12. The Balaban J connectivity index is 1.19. The molecule has 7 heteroatoms. The fourth-order valence-electron chi connectivity index (χ4n) is 10.6. The monoisotopic (exact) mass is 550 g/mol. The van der Waals surface area contributed by atoms with Crippen LogP contribution >= 0.6 is 12.1 Å². The normalized spacial score (nSPS) is 45.9. The molecule has 0 aromatic heterocycles. The summed E-state index contributed by atoms with van der Waals surface area (Å²) in [5, 5.41) is 22.4. The number of carbonyl (C=O) groups excluding carboxylic acids is 1. The van der Waals surface area contributed by atoms with Crippen molar-refractivity contribution in [2.24, 2.45) is 52.3 Å². The van der Waals surface area contributed by atoms with Crippen molar-refractivity contribution in [1.29, 1.82) is 0 Å². The van der Waals surface area contributed by atoms with Crippen molar-refractivity contribution in [1.82, 2.24) is 9.03 Å². The smallest absolute Gasteiger partial charge is 0.418 e. The van der Waals surface area contributed by atoms with E-state index >= 15 is 0 Å². The number of aliphatic hydroxyl groups is 2. The van der Waals surface area contributed by atoms with Crippen LogP contribution in [-0.2, 0) is 4.74 Å². The Morgan fingerprint density at radius 3 is 2.47 bits per heavy atom. The zero-order valence-corrected chi connectivity index (χ0v) is 25.2. The van der Waals surface area contributed by atoms with Gasteiger partial charge in [0.15, 0.2) is 0 Å². The van der Waals surface area contributed by atoms with Crippen LogP contribution in [0.4, 0.5) is 4.79 Å². The molecule has 6 nitrogen and oxygen atoms in total. The van der Waals surface area contributed by atoms with E-state index in [0.29, 0.717) is 48.0 Å². The molecule has 0 aromatic carbocycles. The van der Waals surface area contributed by atoms with Crippen molar-refractivity contribution in [2.75, 3.05) is 19.7 Å². The molecule has 5 rings (SSSR count).